The molecule has 0 saturated carbocycles. The van der Waals surface area contributed by atoms with Crippen molar-refractivity contribution in [3.63, 3.8) is 0 Å². The van der Waals surface area contributed by atoms with Crippen molar-refractivity contribution in [3.05, 3.63) is 23.9 Å². The van der Waals surface area contributed by atoms with Gasteiger partial charge in [0.25, 0.3) is 0 Å². The SMILES string of the molecule is C=C1C=NN(C(C)C)C(C)=CC1C. The van der Waals surface area contributed by atoms with Gasteiger partial charge in [-0.25, -0.2) is 0 Å². The molecule has 0 radical (unpaired) electrons. The Kier molecular flexibility index (Phi) is 2.91. The maximum absolute atomic E-state index is 4.38. The third-order valence-electron chi connectivity index (χ3n) is 2.27. The first-order valence-electron chi connectivity index (χ1n) is 4.72. The standard InChI is InChI=1S/C11H18N2/c1-8(2)13-11(5)6-9(3)10(4)7-12-13/h6-9H,4H2,1-3,5H3. The van der Waals surface area contributed by atoms with Gasteiger partial charge in [0.1, 0.15) is 0 Å². The average molecular weight is 178 g/mol. The highest BCUT2D eigenvalue weighted by Gasteiger charge is 2.13. The predicted octanol–water partition coefficient (Wildman–Crippen LogP) is 2.79. The van der Waals surface area contributed by atoms with Crippen molar-refractivity contribution in [2.24, 2.45) is 11.0 Å². The second-order valence-corrected chi connectivity index (χ2v) is 3.85. The van der Waals surface area contributed by atoms with Crippen LogP contribution in [-0.4, -0.2) is 17.3 Å². The molecule has 0 spiro atoms. The minimum Gasteiger partial charge on any atom is -0.268 e. The summed E-state index contributed by atoms with van der Waals surface area (Å²) in [4.78, 5) is 0. The fourth-order valence-electron chi connectivity index (χ4n) is 1.43. The van der Waals surface area contributed by atoms with Gasteiger partial charge in [-0.05, 0) is 26.3 Å². The number of hydrogen-bond donors (Lipinski definition) is 0. The van der Waals surface area contributed by atoms with Crippen molar-refractivity contribution >= 4 is 6.21 Å². The number of allylic oxidation sites excluding steroid dienone is 3. The Balaban J connectivity index is 2.96. The molecular weight excluding hydrogens is 160 g/mol. The molecule has 0 amide bonds. The minimum absolute atomic E-state index is 0.396. The van der Waals surface area contributed by atoms with Gasteiger partial charge in [-0.2, -0.15) is 5.10 Å². The Bertz CT molecular complexity index is 261. The zero-order valence-corrected chi connectivity index (χ0v) is 8.91. The number of rotatable bonds is 1. The van der Waals surface area contributed by atoms with Crippen molar-refractivity contribution in [1.29, 1.82) is 0 Å². The molecule has 0 saturated heterocycles. The zero-order chi connectivity index (χ0) is 10.0. The van der Waals surface area contributed by atoms with Crippen LogP contribution < -0.4 is 0 Å². The Morgan fingerprint density at radius 1 is 1.54 bits per heavy atom. The van der Waals surface area contributed by atoms with Gasteiger partial charge in [0.2, 0.25) is 0 Å². The van der Waals surface area contributed by atoms with Crippen LogP contribution in [0.25, 0.3) is 0 Å². The molecule has 1 aliphatic rings. The quantitative estimate of drug-likeness (QED) is 0.603. The van der Waals surface area contributed by atoms with E-state index in [1.54, 1.807) is 0 Å². The molecule has 1 unspecified atom stereocenters. The third kappa shape index (κ3) is 2.20. The Morgan fingerprint density at radius 2 is 2.15 bits per heavy atom. The second kappa shape index (κ2) is 3.77. The lowest BCUT2D eigenvalue weighted by atomic mass is 10.0. The number of nitrogens with zero attached hydrogens (tertiary/aromatic N) is 2. The van der Waals surface area contributed by atoms with Crippen LogP contribution in [0.3, 0.4) is 0 Å². The van der Waals surface area contributed by atoms with E-state index in [0.29, 0.717) is 12.0 Å². The van der Waals surface area contributed by atoms with E-state index in [1.165, 1.54) is 5.70 Å². The fraction of sp³-hybridized carbons (Fsp3) is 0.545. The Morgan fingerprint density at radius 3 is 2.69 bits per heavy atom. The molecule has 1 heterocycles. The Labute approximate surface area is 80.6 Å². The van der Waals surface area contributed by atoms with Gasteiger partial charge >= 0.3 is 0 Å². The molecule has 2 nitrogen and oxygen atoms in total. The highest BCUT2D eigenvalue weighted by atomic mass is 15.5. The summed E-state index contributed by atoms with van der Waals surface area (Å²) in [5.74, 6) is 0.396. The van der Waals surface area contributed by atoms with E-state index in [9.17, 15) is 0 Å². The normalized spacial score (nSPS) is 23.5. The van der Waals surface area contributed by atoms with Crippen LogP contribution >= 0.6 is 0 Å². The first kappa shape index (κ1) is 10.0. The van der Waals surface area contributed by atoms with Crippen LogP contribution in [0.1, 0.15) is 27.7 Å². The maximum atomic E-state index is 4.38. The molecule has 1 aliphatic heterocycles. The van der Waals surface area contributed by atoms with Gasteiger partial charge in [0.05, 0.1) is 6.21 Å². The van der Waals surface area contributed by atoms with Gasteiger partial charge in [0, 0.05) is 17.7 Å². The van der Waals surface area contributed by atoms with E-state index < -0.39 is 0 Å². The summed E-state index contributed by atoms with van der Waals surface area (Å²) < 4.78 is 0. The molecule has 0 N–H and O–H groups in total. The molecule has 0 aliphatic carbocycles. The van der Waals surface area contributed by atoms with Crippen molar-refractivity contribution in [2.75, 3.05) is 0 Å². The van der Waals surface area contributed by atoms with Gasteiger partial charge < -0.3 is 0 Å². The van der Waals surface area contributed by atoms with Crippen LogP contribution in [0.5, 0.6) is 0 Å². The van der Waals surface area contributed by atoms with Crippen molar-refractivity contribution in [1.82, 2.24) is 5.01 Å². The molecule has 13 heavy (non-hydrogen) atoms. The molecule has 0 aromatic carbocycles. The summed E-state index contributed by atoms with van der Waals surface area (Å²) in [6.07, 6.45) is 4.06. The summed E-state index contributed by atoms with van der Waals surface area (Å²) in [6, 6.07) is 0.408. The van der Waals surface area contributed by atoms with Crippen LogP contribution in [0.15, 0.2) is 29.0 Å². The topological polar surface area (TPSA) is 15.6 Å². The van der Waals surface area contributed by atoms with E-state index in [1.807, 2.05) is 11.2 Å². The van der Waals surface area contributed by atoms with E-state index in [4.69, 9.17) is 0 Å². The first-order chi connectivity index (χ1) is 6.02. The van der Waals surface area contributed by atoms with Crippen LogP contribution in [0.2, 0.25) is 0 Å². The zero-order valence-electron chi connectivity index (χ0n) is 8.91. The first-order valence-corrected chi connectivity index (χ1v) is 4.72. The molecule has 1 atom stereocenters. The molecule has 0 bridgehead atoms. The van der Waals surface area contributed by atoms with Gasteiger partial charge in [-0.1, -0.05) is 19.6 Å². The molecule has 0 fully saturated rings. The van der Waals surface area contributed by atoms with Crippen molar-refractivity contribution in [2.45, 2.75) is 33.7 Å². The van der Waals surface area contributed by atoms with Gasteiger partial charge in [-0.3, -0.25) is 5.01 Å². The lowest BCUT2D eigenvalue weighted by Gasteiger charge is -2.22. The number of hydrogen-bond acceptors (Lipinski definition) is 2. The van der Waals surface area contributed by atoms with Crippen molar-refractivity contribution in [3.8, 4) is 0 Å². The summed E-state index contributed by atoms with van der Waals surface area (Å²) in [7, 11) is 0. The van der Waals surface area contributed by atoms with Crippen LogP contribution in [0, 0.1) is 5.92 Å². The second-order valence-electron chi connectivity index (χ2n) is 3.85. The summed E-state index contributed by atoms with van der Waals surface area (Å²) in [5.41, 5.74) is 2.28. The predicted molar refractivity (Wildman–Crippen MR) is 57.5 cm³/mol. The maximum Gasteiger partial charge on any atom is 0.0506 e. The highest BCUT2D eigenvalue weighted by molar-refractivity contribution is 5.79. The lowest BCUT2D eigenvalue weighted by molar-refractivity contribution is 0.300. The smallest absolute Gasteiger partial charge is 0.0506 e. The Hall–Kier alpha value is -1.05. The molecular formula is C11H18N2. The van der Waals surface area contributed by atoms with Gasteiger partial charge in [0.15, 0.2) is 0 Å². The lowest BCUT2D eigenvalue weighted by Crippen LogP contribution is -2.23. The van der Waals surface area contributed by atoms with E-state index in [0.717, 1.165) is 5.57 Å². The van der Waals surface area contributed by atoms with E-state index in [2.05, 4.69) is 45.5 Å². The molecule has 1 rings (SSSR count). The molecule has 72 valence electrons. The highest BCUT2D eigenvalue weighted by Crippen LogP contribution is 2.19. The summed E-state index contributed by atoms with van der Waals surface area (Å²) in [6.45, 7) is 12.5. The van der Waals surface area contributed by atoms with Crippen LogP contribution in [0.4, 0.5) is 0 Å². The van der Waals surface area contributed by atoms with E-state index in [-0.39, 0.29) is 0 Å². The molecule has 0 aromatic rings. The summed E-state index contributed by atoms with van der Waals surface area (Å²) in [5, 5.41) is 6.40. The van der Waals surface area contributed by atoms with Crippen LogP contribution in [-0.2, 0) is 0 Å². The molecule has 2 heteroatoms. The van der Waals surface area contributed by atoms with E-state index >= 15 is 0 Å². The fourth-order valence-corrected chi connectivity index (χ4v) is 1.43. The number of hydrazone groups is 1. The monoisotopic (exact) mass is 178 g/mol. The molecule has 0 aromatic heterocycles. The van der Waals surface area contributed by atoms with Gasteiger partial charge in [-0.15, -0.1) is 0 Å². The third-order valence-corrected chi connectivity index (χ3v) is 2.27. The average Bonchev–Trinajstić information content (AvgIpc) is 2.13. The minimum atomic E-state index is 0.396. The largest absolute Gasteiger partial charge is 0.268 e. The van der Waals surface area contributed by atoms with Crippen molar-refractivity contribution < 1.29 is 0 Å². The summed E-state index contributed by atoms with van der Waals surface area (Å²) >= 11 is 0.